The Morgan fingerprint density at radius 3 is 2.93 bits per heavy atom. The molecule has 158 valence electrons. The lowest BCUT2D eigenvalue weighted by Crippen LogP contribution is -2.49. The Morgan fingerprint density at radius 2 is 2.24 bits per heavy atom. The van der Waals surface area contributed by atoms with Gasteiger partial charge in [0, 0.05) is 32.0 Å². The first-order chi connectivity index (χ1) is 14.0. The Kier molecular flexibility index (Phi) is 7.00. The fraction of sp³-hybridized carbons (Fsp3) is 0.500. The lowest BCUT2D eigenvalue weighted by Gasteiger charge is -2.39. The van der Waals surface area contributed by atoms with Crippen LogP contribution in [0.3, 0.4) is 0 Å². The number of alkyl halides is 2. The van der Waals surface area contributed by atoms with Crippen LogP contribution >= 0.6 is 0 Å². The van der Waals surface area contributed by atoms with Crippen molar-refractivity contribution in [3.8, 4) is 5.75 Å². The maximum atomic E-state index is 14.2. The number of nitrogens with one attached hydrogen (secondary N) is 1. The smallest absolute Gasteiger partial charge is 0.387 e. The number of guanidine groups is 1. The average Bonchev–Trinajstić information content (AvgIpc) is 3.21. The summed E-state index contributed by atoms with van der Waals surface area (Å²) in [5.41, 5.74) is 0.0136. The molecule has 2 unspecified atom stereocenters. The van der Waals surface area contributed by atoms with Crippen molar-refractivity contribution in [1.29, 1.82) is 0 Å². The number of aliphatic imine (C=N–C) groups is 1. The second-order valence-electron chi connectivity index (χ2n) is 7.05. The molecule has 2 heterocycles. The molecule has 1 N–H and O–H groups in total. The van der Waals surface area contributed by atoms with Crippen molar-refractivity contribution in [3.63, 3.8) is 0 Å². The van der Waals surface area contributed by atoms with Crippen molar-refractivity contribution in [2.24, 2.45) is 10.9 Å². The predicted molar refractivity (Wildman–Crippen MR) is 104 cm³/mol. The summed E-state index contributed by atoms with van der Waals surface area (Å²) in [4.78, 5) is 10.8. The molecule has 0 amide bonds. The summed E-state index contributed by atoms with van der Waals surface area (Å²) in [6.45, 7) is 3.20. The number of imidazole rings is 1. The molecule has 1 saturated heterocycles. The number of hydrogen-bond acceptors (Lipinski definition) is 3. The maximum absolute atomic E-state index is 14.2. The number of piperidine rings is 1. The zero-order chi connectivity index (χ0) is 20.8. The van der Waals surface area contributed by atoms with E-state index in [9.17, 15) is 13.2 Å². The maximum Gasteiger partial charge on any atom is 0.387 e. The van der Waals surface area contributed by atoms with Gasteiger partial charge in [-0.25, -0.2) is 14.4 Å². The van der Waals surface area contributed by atoms with Crippen LogP contribution in [0, 0.1) is 11.7 Å². The van der Waals surface area contributed by atoms with Gasteiger partial charge < -0.3 is 19.5 Å². The molecule has 1 aromatic carbocycles. The summed E-state index contributed by atoms with van der Waals surface area (Å²) < 4.78 is 46.1. The summed E-state index contributed by atoms with van der Waals surface area (Å²) in [7, 11) is 0. The fourth-order valence-electron chi connectivity index (χ4n) is 3.57. The molecule has 2 atom stereocenters. The standard InChI is InChI=1S/C20H26F3N5O/c1-3-25-20(26-11-15-16(21)5-4-6-18(15)29-19(22)23)27-9-7-14(2)17(12-27)28-10-8-24-13-28/h4-6,8,10,13-14,17,19H,3,7,9,11-12H2,1-2H3,(H,25,26). The molecule has 9 heteroatoms. The highest BCUT2D eigenvalue weighted by Crippen LogP contribution is 2.28. The first kappa shape index (κ1) is 21.0. The Bertz CT molecular complexity index is 812. The summed E-state index contributed by atoms with van der Waals surface area (Å²) in [6.07, 6.45) is 6.48. The molecule has 1 aromatic heterocycles. The molecule has 0 radical (unpaired) electrons. The van der Waals surface area contributed by atoms with E-state index in [4.69, 9.17) is 0 Å². The van der Waals surface area contributed by atoms with Crippen LogP contribution in [-0.2, 0) is 6.54 Å². The van der Waals surface area contributed by atoms with Gasteiger partial charge in [-0.3, -0.25) is 0 Å². The van der Waals surface area contributed by atoms with E-state index in [0.717, 1.165) is 19.5 Å². The van der Waals surface area contributed by atoms with E-state index < -0.39 is 12.4 Å². The summed E-state index contributed by atoms with van der Waals surface area (Å²) in [5.74, 6) is 0.283. The highest BCUT2D eigenvalue weighted by Gasteiger charge is 2.29. The van der Waals surface area contributed by atoms with Crippen LogP contribution in [0.2, 0.25) is 0 Å². The Balaban J connectivity index is 1.80. The molecule has 1 fully saturated rings. The van der Waals surface area contributed by atoms with Crippen molar-refractivity contribution < 1.29 is 17.9 Å². The number of hydrogen-bond donors (Lipinski definition) is 1. The topological polar surface area (TPSA) is 54.7 Å². The molecular formula is C20H26F3N5O. The van der Waals surface area contributed by atoms with Crippen molar-refractivity contribution in [3.05, 3.63) is 48.3 Å². The number of aromatic nitrogens is 2. The second-order valence-corrected chi connectivity index (χ2v) is 7.05. The number of benzene rings is 1. The molecule has 0 saturated carbocycles. The monoisotopic (exact) mass is 409 g/mol. The van der Waals surface area contributed by atoms with Crippen molar-refractivity contribution in [2.75, 3.05) is 19.6 Å². The van der Waals surface area contributed by atoms with E-state index in [2.05, 4.69) is 36.4 Å². The molecule has 0 aliphatic carbocycles. The molecule has 2 aromatic rings. The van der Waals surface area contributed by atoms with Crippen molar-refractivity contribution in [1.82, 2.24) is 19.8 Å². The van der Waals surface area contributed by atoms with Gasteiger partial charge in [0.2, 0.25) is 0 Å². The van der Waals surface area contributed by atoms with Gasteiger partial charge >= 0.3 is 6.61 Å². The third-order valence-electron chi connectivity index (χ3n) is 5.14. The molecule has 0 spiro atoms. The SMILES string of the molecule is CCNC(=NCc1c(F)cccc1OC(F)F)N1CCC(C)C(n2ccnc2)C1. The van der Waals surface area contributed by atoms with Crippen LogP contribution in [0.4, 0.5) is 13.2 Å². The first-order valence-corrected chi connectivity index (χ1v) is 9.72. The molecule has 6 nitrogen and oxygen atoms in total. The highest BCUT2D eigenvalue weighted by molar-refractivity contribution is 5.80. The predicted octanol–water partition coefficient (Wildman–Crippen LogP) is 3.67. The van der Waals surface area contributed by atoms with Gasteiger partial charge in [-0.2, -0.15) is 8.78 Å². The van der Waals surface area contributed by atoms with Crippen LogP contribution in [0.5, 0.6) is 5.75 Å². The van der Waals surface area contributed by atoms with E-state index in [-0.39, 0.29) is 23.9 Å². The van der Waals surface area contributed by atoms with E-state index in [0.29, 0.717) is 18.4 Å². The Morgan fingerprint density at radius 1 is 1.41 bits per heavy atom. The minimum Gasteiger partial charge on any atom is -0.434 e. The molecule has 1 aliphatic rings. The average molecular weight is 409 g/mol. The normalized spacial score (nSPS) is 20.2. The van der Waals surface area contributed by atoms with E-state index in [1.165, 1.54) is 18.2 Å². The van der Waals surface area contributed by atoms with Gasteiger partial charge in [0.1, 0.15) is 11.6 Å². The minimum absolute atomic E-state index is 0.0136. The third-order valence-corrected chi connectivity index (χ3v) is 5.14. The lowest BCUT2D eigenvalue weighted by molar-refractivity contribution is -0.0506. The summed E-state index contributed by atoms with van der Waals surface area (Å²) in [5, 5.41) is 3.22. The Labute approximate surface area is 168 Å². The van der Waals surface area contributed by atoms with Gasteiger partial charge in [-0.15, -0.1) is 0 Å². The largest absolute Gasteiger partial charge is 0.434 e. The number of rotatable bonds is 6. The van der Waals surface area contributed by atoms with Gasteiger partial charge in [0.25, 0.3) is 0 Å². The van der Waals surface area contributed by atoms with Crippen LogP contribution in [0.15, 0.2) is 41.9 Å². The lowest BCUT2D eigenvalue weighted by atomic mass is 9.93. The Hall–Kier alpha value is -2.71. The zero-order valence-electron chi connectivity index (χ0n) is 16.6. The van der Waals surface area contributed by atoms with Gasteiger partial charge in [-0.05, 0) is 31.4 Å². The van der Waals surface area contributed by atoms with Gasteiger partial charge in [0.05, 0.1) is 24.5 Å². The second kappa shape index (κ2) is 9.67. The highest BCUT2D eigenvalue weighted by atomic mass is 19.3. The van der Waals surface area contributed by atoms with E-state index >= 15 is 0 Å². The molecule has 0 bridgehead atoms. The zero-order valence-corrected chi connectivity index (χ0v) is 16.6. The molecule has 3 rings (SSSR count). The van der Waals surface area contributed by atoms with Crippen LogP contribution in [0.25, 0.3) is 0 Å². The van der Waals surface area contributed by atoms with Crippen LogP contribution in [-0.4, -0.2) is 46.7 Å². The molecule has 1 aliphatic heterocycles. The number of halogens is 3. The minimum atomic E-state index is -3.02. The number of ether oxygens (including phenoxy) is 1. The van der Waals surface area contributed by atoms with E-state index in [1.807, 2.05) is 19.4 Å². The van der Waals surface area contributed by atoms with Gasteiger partial charge in [0.15, 0.2) is 5.96 Å². The number of likely N-dealkylation sites (tertiary alicyclic amines) is 1. The van der Waals surface area contributed by atoms with Crippen LogP contribution in [0.1, 0.15) is 31.9 Å². The molecular weight excluding hydrogens is 383 g/mol. The van der Waals surface area contributed by atoms with Crippen molar-refractivity contribution >= 4 is 5.96 Å². The van der Waals surface area contributed by atoms with E-state index in [1.54, 1.807) is 6.20 Å². The first-order valence-electron chi connectivity index (χ1n) is 9.72. The van der Waals surface area contributed by atoms with Crippen molar-refractivity contribution in [2.45, 2.75) is 39.5 Å². The number of nitrogens with zero attached hydrogens (tertiary/aromatic N) is 4. The quantitative estimate of drug-likeness (QED) is 0.584. The third kappa shape index (κ3) is 5.21. The summed E-state index contributed by atoms with van der Waals surface area (Å²) in [6, 6.07) is 4.12. The summed E-state index contributed by atoms with van der Waals surface area (Å²) >= 11 is 0. The van der Waals surface area contributed by atoms with Crippen LogP contribution < -0.4 is 10.1 Å². The van der Waals surface area contributed by atoms with Gasteiger partial charge in [-0.1, -0.05) is 13.0 Å². The molecule has 29 heavy (non-hydrogen) atoms. The fourth-order valence-corrected chi connectivity index (χ4v) is 3.57.